The maximum absolute atomic E-state index is 14.6. The summed E-state index contributed by atoms with van der Waals surface area (Å²) in [6.07, 6.45) is 2.36. The number of aryl methyl sites for hydroxylation is 1. The molecule has 0 unspecified atom stereocenters. The molecular formula is C21H21F2N3O4S. The zero-order valence-electron chi connectivity index (χ0n) is 16.7. The van der Waals surface area contributed by atoms with Gasteiger partial charge in [-0.3, -0.25) is 8.86 Å². The number of hydrogen-bond donors (Lipinski definition) is 0. The van der Waals surface area contributed by atoms with Gasteiger partial charge in [0, 0.05) is 17.9 Å². The van der Waals surface area contributed by atoms with Crippen molar-refractivity contribution in [2.75, 3.05) is 13.2 Å². The lowest BCUT2D eigenvalue weighted by Crippen LogP contribution is -2.27. The molecule has 3 atom stereocenters. The second kappa shape index (κ2) is 8.81. The Morgan fingerprint density at radius 1 is 1.19 bits per heavy atom. The molecule has 0 saturated carbocycles. The minimum atomic E-state index is -3.99. The fourth-order valence-corrected chi connectivity index (χ4v) is 4.72. The molecule has 4 rings (SSSR count). The summed E-state index contributed by atoms with van der Waals surface area (Å²) < 4.78 is 65.9. The van der Waals surface area contributed by atoms with Gasteiger partial charge in [0.1, 0.15) is 24.3 Å². The molecule has 0 bridgehead atoms. The van der Waals surface area contributed by atoms with E-state index in [-0.39, 0.29) is 30.2 Å². The van der Waals surface area contributed by atoms with E-state index in [0.29, 0.717) is 0 Å². The van der Waals surface area contributed by atoms with Crippen molar-refractivity contribution >= 4 is 10.1 Å². The van der Waals surface area contributed by atoms with Gasteiger partial charge < -0.3 is 4.74 Å². The van der Waals surface area contributed by atoms with Crippen LogP contribution >= 0.6 is 0 Å². The SMILES string of the molecule is Cc1ccc(S(=O)(=O)OC[C@@H]2CO[C@H](Cn3cncn3)[C@H]2c2ccc(F)cc2F)cc1. The van der Waals surface area contributed by atoms with Gasteiger partial charge in [-0.05, 0) is 30.7 Å². The van der Waals surface area contributed by atoms with E-state index in [0.717, 1.165) is 11.6 Å². The van der Waals surface area contributed by atoms with E-state index in [2.05, 4.69) is 10.1 Å². The van der Waals surface area contributed by atoms with Gasteiger partial charge in [-0.1, -0.05) is 23.8 Å². The summed E-state index contributed by atoms with van der Waals surface area (Å²) >= 11 is 0. The topological polar surface area (TPSA) is 83.3 Å². The molecule has 2 heterocycles. The number of benzene rings is 2. The molecular weight excluding hydrogens is 428 g/mol. The van der Waals surface area contributed by atoms with Gasteiger partial charge in [0.2, 0.25) is 0 Å². The van der Waals surface area contributed by atoms with Crippen molar-refractivity contribution < 1.29 is 26.1 Å². The zero-order chi connectivity index (χ0) is 22.0. The lowest BCUT2D eigenvalue weighted by Gasteiger charge is -2.24. The maximum Gasteiger partial charge on any atom is 0.296 e. The van der Waals surface area contributed by atoms with Crippen molar-refractivity contribution in [3.05, 3.63) is 77.9 Å². The van der Waals surface area contributed by atoms with E-state index < -0.39 is 39.7 Å². The Kier molecular flexibility index (Phi) is 6.12. The standard InChI is InChI=1S/C21H21F2N3O4S/c1-14-2-5-17(6-3-14)31(27,28)30-11-15-10-29-20(9-26-13-24-12-25-26)21(15)18-7-4-16(22)8-19(18)23/h2-8,12-13,15,20-21H,9-11H2,1H3/t15-,20+,21+/m0/s1. The Bertz CT molecular complexity index is 1140. The lowest BCUT2D eigenvalue weighted by molar-refractivity contribution is 0.0825. The van der Waals surface area contributed by atoms with Crippen LogP contribution in [0.4, 0.5) is 8.78 Å². The summed E-state index contributed by atoms with van der Waals surface area (Å²) in [7, 11) is -3.99. The molecule has 1 aliphatic heterocycles. The average Bonchev–Trinajstić information content (AvgIpc) is 3.38. The first-order valence-electron chi connectivity index (χ1n) is 9.68. The van der Waals surface area contributed by atoms with Crippen molar-refractivity contribution in [3.8, 4) is 0 Å². The third-order valence-corrected chi connectivity index (χ3v) is 6.63. The third-order valence-electron chi connectivity index (χ3n) is 5.33. The molecule has 1 aliphatic rings. The number of hydrogen-bond acceptors (Lipinski definition) is 6. The van der Waals surface area contributed by atoms with E-state index >= 15 is 0 Å². The molecule has 0 aliphatic carbocycles. The van der Waals surface area contributed by atoms with Crippen LogP contribution in [-0.2, 0) is 25.6 Å². The fourth-order valence-electron chi connectivity index (χ4n) is 3.76. The number of rotatable bonds is 7. The van der Waals surface area contributed by atoms with Crippen molar-refractivity contribution in [1.29, 1.82) is 0 Å². The highest BCUT2D eigenvalue weighted by molar-refractivity contribution is 7.86. The number of halogens is 2. The largest absolute Gasteiger partial charge is 0.375 e. The van der Waals surface area contributed by atoms with Crippen LogP contribution in [0.5, 0.6) is 0 Å². The van der Waals surface area contributed by atoms with Crippen LogP contribution in [0, 0.1) is 24.5 Å². The maximum atomic E-state index is 14.6. The highest BCUT2D eigenvalue weighted by Crippen LogP contribution is 2.39. The number of nitrogens with zero attached hydrogens (tertiary/aromatic N) is 3. The Hall–Kier alpha value is -2.69. The minimum Gasteiger partial charge on any atom is -0.375 e. The molecule has 0 amide bonds. The first-order valence-corrected chi connectivity index (χ1v) is 11.1. The quantitative estimate of drug-likeness (QED) is 0.516. The van der Waals surface area contributed by atoms with Crippen LogP contribution < -0.4 is 0 Å². The Labute approximate surface area is 178 Å². The van der Waals surface area contributed by atoms with E-state index in [4.69, 9.17) is 8.92 Å². The lowest BCUT2D eigenvalue weighted by atomic mass is 9.84. The van der Waals surface area contributed by atoms with Gasteiger partial charge in [-0.25, -0.2) is 13.8 Å². The first-order chi connectivity index (χ1) is 14.8. The van der Waals surface area contributed by atoms with Crippen LogP contribution in [-0.4, -0.2) is 42.5 Å². The minimum absolute atomic E-state index is 0.0423. The molecule has 0 spiro atoms. The second-order valence-electron chi connectivity index (χ2n) is 7.49. The summed E-state index contributed by atoms with van der Waals surface area (Å²) in [5.41, 5.74) is 1.16. The van der Waals surface area contributed by atoms with Gasteiger partial charge in [-0.15, -0.1) is 0 Å². The normalized spacial score (nSPS) is 21.5. The Morgan fingerprint density at radius 2 is 1.97 bits per heavy atom. The van der Waals surface area contributed by atoms with E-state index in [1.807, 2.05) is 6.92 Å². The highest BCUT2D eigenvalue weighted by Gasteiger charge is 2.41. The van der Waals surface area contributed by atoms with Gasteiger partial charge in [0.25, 0.3) is 10.1 Å². The van der Waals surface area contributed by atoms with Crippen LogP contribution in [0.15, 0.2) is 60.0 Å². The molecule has 31 heavy (non-hydrogen) atoms. The average molecular weight is 449 g/mol. The fraction of sp³-hybridized carbons (Fsp3) is 0.333. The first kappa shape index (κ1) is 21.5. The summed E-state index contributed by atoms with van der Waals surface area (Å²) in [5, 5.41) is 4.05. The van der Waals surface area contributed by atoms with Gasteiger partial charge in [0.05, 0.1) is 30.8 Å². The van der Waals surface area contributed by atoms with Crippen LogP contribution in [0.2, 0.25) is 0 Å². The predicted octanol–water partition coefficient (Wildman–Crippen LogP) is 3.07. The molecule has 0 N–H and O–H groups in total. The molecule has 1 saturated heterocycles. The van der Waals surface area contributed by atoms with Crippen LogP contribution in [0.25, 0.3) is 0 Å². The van der Waals surface area contributed by atoms with Crippen LogP contribution in [0.3, 0.4) is 0 Å². The summed E-state index contributed by atoms with van der Waals surface area (Å²) in [5.74, 6) is -2.43. The molecule has 0 radical (unpaired) electrons. The smallest absolute Gasteiger partial charge is 0.296 e. The molecule has 1 aromatic heterocycles. The third kappa shape index (κ3) is 4.81. The predicted molar refractivity (Wildman–Crippen MR) is 107 cm³/mol. The monoisotopic (exact) mass is 449 g/mol. The molecule has 3 aromatic rings. The summed E-state index contributed by atoms with van der Waals surface area (Å²) in [6, 6.07) is 9.64. The molecule has 1 fully saturated rings. The highest BCUT2D eigenvalue weighted by atomic mass is 32.2. The zero-order valence-corrected chi connectivity index (χ0v) is 17.5. The van der Waals surface area contributed by atoms with E-state index in [1.54, 1.807) is 16.8 Å². The van der Waals surface area contributed by atoms with Crippen LogP contribution in [0.1, 0.15) is 17.0 Å². The Balaban J connectivity index is 1.57. The number of aromatic nitrogens is 3. The van der Waals surface area contributed by atoms with Crippen molar-refractivity contribution in [2.45, 2.75) is 30.4 Å². The van der Waals surface area contributed by atoms with Crippen molar-refractivity contribution in [3.63, 3.8) is 0 Å². The molecule has 10 heteroatoms. The van der Waals surface area contributed by atoms with E-state index in [9.17, 15) is 17.2 Å². The molecule has 2 aromatic carbocycles. The second-order valence-corrected chi connectivity index (χ2v) is 9.11. The van der Waals surface area contributed by atoms with Gasteiger partial charge in [0.15, 0.2) is 0 Å². The molecule has 7 nitrogen and oxygen atoms in total. The van der Waals surface area contributed by atoms with Gasteiger partial charge >= 0.3 is 0 Å². The Morgan fingerprint density at radius 3 is 2.65 bits per heavy atom. The van der Waals surface area contributed by atoms with E-state index in [1.165, 1.54) is 36.9 Å². The van der Waals surface area contributed by atoms with Crippen molar-refractivity contribution in [1.82, 2.24) is 14.8 Å². The molecule has 164 valence electrons. The van der Waals surface area contributed by atoms with Crippen molar-refractivity contribution in [2.24, 2.45) is 5.92 Å². The summed E-state index contributed by atoms with van der Waals surface area (Å²) in [4.78, 5) is 3.93. The summed E-state index contributed by atoms with van der Waals surface area (Å²) in [6.45, 7) is 2.09. The number of ether oxygens (including phenoxy) is 1. The van der Waals surface area contributed by atoms with Gasteiger partial charge in [-0.2, -0.15) is 13.5 Å².